The van der Waals surface area contributed by atoms with Crippen molar-refractivity contribution in [3.05, 3.63) is 105 Å². The van der Waals surface area contributed by atoms with E-state index < -0.39 is 0 Å². The first kappa shape index (κ1) is 23.3. The van der Waals surface area contributed by atoms with Crippen LogP contribution in [0.25, 0.3) is 0 Å². The van der Waals surface area contributed by atoms with Gasteiger partial charge in [-0.1, -0.05) is 34.4 Å². The van der Waals surface area contributed by atoms with E-state index in [0.29, 0.717) is 11.1 Å². The van der Waals surface area contributed by atoms with Gasteiger partial charge in [0.25, 0.3) is 0 Å². The number of hydrogen-bond donors (Lipinski definition) is 2. The molecule has 0 saturated carbocycles. The van der Waals surface area contributed by atoms with Crippen molar-refractivity contribution >= 4 is 0 Å². The van der Waals surface area contributed by atoms with Crippen LogP contribution in [-0.4, -0.2) is 10.2 Å². The number of benzene rings is 2. The van der Waals surface area contributed by atoms with E-state index in [1.807, 2.05) is 0 Å². The smallest absolute Gasteiger partial charge is 0.123 e. The Morgan fingerprint density at radius 3 is 1.47 bits per heavy atom. The van der Waals surface area contributed by atoms with Crippen molar-refractivity contribution in [1.82, 2.24) is 0 Å². The SMILES string of the molecule is Oc1ccc(F)cc1C1C(CCC2=CC3=C(CCCC3)C2c2cc(F)ccc2O)=CC2=C1CCCC2. The molecule has 2 aromatic rings. The molecule has 2 aromatic carbocycles. The van der Waals surface area contributed by atoms with E-state index in [-0.39, 0.29) is 35.0 Å². The molecule has 6 rings (SSSR count). The summed E-state index contributed by atoms with van der Waals surface area (Å²) in [5.41, 5.74) is 9.11. The fraction of sp³-hybridized carbons (Fsp3) is 0.375. The Kier molecular flexibility index (Phi) is 6.07. The van der Waals surface area contributed by atoms with Crippen LogP contribution in [0.3, 0.4) is 0 Å². The van der Waals surface area contributed by atoms with Crippen molar-refractivity contribution in [2.24, 2.45) is 0 Å². The lowest BCUT2D eigenvalue weighted by Gasteiger charge is -2.26. The Labute approximate surface area is 211 Å². The number of hydrogen-bond acceptors (Lipinski definition) is 2. The fourth-order valence-corrected chi connectivity index (χ4v) is 6.96. The molecular formula is C32H32F2O2. The first-order valence-corrected chi connectivity index (χ1v) is 13.3. The zero-order valence-electron chi connectivity index (χ0n) is 20.5. The van der Waals surface area contributed by atoms with Crippen LogP contribution in [0.1, 0.15) is 87.2 Å². The van der Waals surface area contributed by atoms with Crippen LogP contribution in [0, 0.1) is 11.6 Å². The molecular weight excluding hydrogens is 454 g/mol. The van der Waals surface area contributed by atoms with Crippen molar-refractivity contribution in [3.63, 3.8) is 0 Å². The number of rotatable bonds is 5. The Morgan fingerprint density at radius 1 is 0.611 bits per heavy atom. The zero-order chi connectivity index (χ0) is 24.8. The lowest BCUT2D eigenvalue weighted by atomic mass is 9.78. The van der Waals surface area contributed by atoms with Crippen molar-refractivity contribution < 1.29 is 19.0 Å². The molecule has 2 unspecified atom stereocenters. The maximum atomic E-state index is 14.2. The Morgan fingerprint density at radius 2 is 1.03 bits per heavy atom. The normalized spacial score (nSPS) is 23.5. The van der Waals surface area contributed by atoms with Gasteiger partial charge >= 0.3 is 0 Å². The van der Waals surface area contributed by atoms with E-state index in [4.69, 9.17) is 0 Å². The molecule has 0 aromatic heterocycles. The fourth-order valence-electron chi connectivity index (χ4n) is 6.96. The third-order valence-corrected chi connectivity index (χ3v) is 8.57. The lowest BCUT2D eigenvalue weighted by Crippen LogP contribution is -2.09. The Hall–Kier alpha value is -3.14. The highest BCUT2D eigenvalue weighted by atomic mass is 19.1. The van der Waals surface area contributed by atoms with Gasteiger partial charge in [0.1, 0.15) is 23.1 Å². The average molecular weight is 487 g/mol. The summed E-state index contributed by atoms with van der Waals surface area (Å²) in [4.78, 5) is 0. The van der Waals surface area contributed by atoms with E-state index >= 15 is 0 Å². The molecule has 0 aliphatic heterocycles. The van der Waals surface area contributed by atoms with E-state index in [2.05, 4.69) is 12.2 Å². The first-order chi connectivity index (χ1) is 17.5. The van der Waals surface area contributed by atoms with Crippen molar-refractivity contribution in [3.8, 4) is 11.5 Å². The van der Waals surface area contributed by atoms with Gasteiger partial charge in [0.15, 0.2) is 0 Å². The molecule has 4 aliphatic carbocycles. The van der Waals surface area contributed by atoms with Gasteiger partial charge < -0.3 is 10.2 Å². The van der Waals surface area contributed by atoms with Gasteiger partial charge in [0.2, 0.25) is 0 Å². The van der Waals surface area contributed by atoms with Gasteiger partial charge in [0.05, 0.1) is 0 Å². The van der Waals surface area contributed by atoms with E-state index in [9.17, 15) is 19.0 Å². The summed E-state index contributed by atoms with van der Waals surface area (Å²) in [6, 6.07) is 8.52. The van der Waals surface area contributed by atoms with E-state index in [1.54, 1.807) is 0 Å². The molecule has 0 fully saturated rings. The molecule has 4 aliphatic rings. The summed E-state index contributed by atoms with van der Waals surface area (Å²) in [7, 11) is 0. The molecule has 0 radical (unpaired) electrons. The van der Waals surface area contributed by atoms with Crippen molar-refractivity contribution in [2.75, 3.05) is 0 Å². The molecule has 0 spiro atoms. The molecule has 2 atom stereocenters. The predicted molar refractivity (Wildman–Crippen MR) is 138 cm³/mol. The maximum Gasteiger partial charge on any atom is 0.123 e. The zero-order valence-corrected chi connectivity index (χ0v) is 20.5. The minimum Gasteiger partial charge on any atom is -0.508 e. The van der Waals surface area contributed by atoms with Crippen LogP contribution in [0.15, 0.2) is 82.0 Å². The Balaban J connectivity index is 1.32. The van der Waals surface area contributed by atoms with Crippen LogP contribution >= 0.6 is 0 Å². The van der Waals surface area contributed by atoms with E-state index in [1.165, 1.54) is 69.8 Å². The molecule has 0 heterocycles. The molecule has 0 amide bonds. The number of phenolic OH excluding ortho intramolecular Hbond substituents is 2. The number of aromatic hydroxyl groups is 2. The highest BCUT2D eigenvalue weighted by molar-refractivity contribution is 5.57. The van der Waals surface area contributed by atoms with Crippen LogP contribution in [-0.2, 0) is 0 Å². The summed E-state index contributed by atoms with van der Waals surface area (Å²) in [5.74, 6) is -0.533. The summed E-state index contributed by atoms with van der Waals surface area (Å²) < 4.78 is 28.5. The van der Waals surface area contributed by atoms with Gasteiger partial charge in [-0.05, 0) is 112 Å². The second kappa shape index (κ2) is 9.38. The first-order valence-electron chi connectivity index (χ1n) is 13.3. The minimum absolute atomic E-state index is 0.0818. The minimum atomic E-state index is -0.330. The third kappa shape index (κ3) is 4.11. The molecule has 0 bridgehead atoms. The summed E-state index contributed by atoms with van der Waals surface area (Å²) in [6.45, 7) is 0. The second-order valence-corrected chi connectivity index (χ2v) is 10.7. The largest absolute Gasteiger partial charge is 0.508 e. The molecule has 0 saturated heterocycles. The summed E-state index contributed by atoms with van der Waals surface area (Å²) >= 11 is 0. The maximum absolute atomic E-state index is 14.2. The molecule has 4 heteroatoms. The summed E-state index contributed by atoms with van der Waals surface area (Å²) in [6.07, 6.45) is 14.7. The highest BCUT2D eigenvalue weighted by Crippen LogP contribution is 2.53. The van der Waals surface area contributed by atoms with Gasteiger partial charge in [0, 0.05) is 23.0 Å². The molecule has 186 valence electrons. The molecule has 2 nitrogen and oxygen atoms in total. The van der Waals surface area contributed by atoms with Gasteiger partial charge in [-0.2, -0.15) is 0 Å². The number of phenols is 2. The van der Waals surface area contributed by atoms with Crippen molar-refractivity contribution in [1.29, 1.82) is 0 Å². The highest BCUT2D eigenvalue weighted by Gasteiger charge is 2.35. The van der Waals surface area contributed by atoms with Crippen LogP contribution in [0.5, 0.6) is 11.5 Å². The standard InChI is InChI=1S/C32H32F2O2/c33-23-11-13-29(35)27(17-23)31-21(15-19-5-1-3-7-25(19)31)9-10-22-16-20-6-2-4-8-26(20)32(22)28-18-24(34)12-14-30(28)36/h11-18,31-32,35-36H,1-10H2. The lowest BCUT2D eigenvalue weighted by molar-refractivity contribution is 0.461. The van der Waals surface area contributed by atoms with Crippen molar-refractivity contribution in [2.45, 2.75) is 76.0 Å². The third-order valence-electron chi connectivity index (χ3n) is 8.57. The average Bonchev–Trinajstić information content (AvgIpc) is 3.43. The van der Waals surface area contributed by atoms with Crippen LogP contribution in [0.2, 0.25) is 0 Å². The monoisotopic (exact) mass is 486 g/mol. The topological polar surface area (TPSA) is 40.5 Å². The predicted octanol–water partition coefficient (Wildman–Crippen LogP) is 8.64. The number of allylic oxidation sites excluding steroid dienone is 8. The molecule has 36 heavy (non-hydrogen) atoms. The number of halogens is 2. The van der Waals surface area contributed by atoms with Gasteiger partial charge in [-0.15, -0.1) is 0 Å². The van der Waals surface area contributed by atoms with Crippen LogP contribution in [0.4, 0.5) is 8.78 Å². The van der Waals surface area contributed by atoms with Gasteiger partial charge in [-0.25, -0.2) is 8.78 Å². The second-order valence-electron chi connectivity index (χ2n) is 10.7. The van der Waals surface area contributed by atoms with Crippen LogP contribution < -0.4 is 0 Å². The summed E-state index contributed by atoms with van der Waals surface area (Å²) in [5, 5.41) is 21.3. The van der Waals surface area contributed by atoms with Gasteiger partial charge in [-0.3, -0.25) is 0 Å². The van der Waals surface area contributed by atoms with E-state index in [0.717, 1.165) is 64.2 Å². The molecule has 2 N–H and O–H groups in total. The Bertz CT molecular complexity index is 1240. The quantitative estimate of drug-likeness (QED) is 0.444.